The minimum Gasteiger partial charge on any atom is -0.481 e. The topological polar surface area (TPSA) is 64.3 Å². The van der Waals surface area contributed by atoms with E-state index in [2.05, 4.69) is 4.90 Å². The molecule has 4 nitrogen and oxygen atoms in total. The number of carboxylic acid groups (broad SMARTS) is 1. The second kappa shape index (κ2) is 6.23. The second-order valence-electron chi connectivity index (χ2n) is 5.67. The molecule has 1 unspecified atom stereocenters. The normalized spacial score (nSPS) is 22.7. The molecular formula is C16H19FN2O2. The average Bonchev–Trinajstić information content (AvgIpc) is 2.49. The predicted octanol–water partition coefficient (Wildman–Crippen LogP) is 2.77. The first-order chi connectivity index (χ1) is 10.0. The third-order valence-corrected chi connectivity index (χ3v) is 4.37. The molecule has 0 bridgehead atoms. The molecule has 1 heterocycles. The van der Waals surface area contributed by atoms with Crippen molar-refractivity contribution in [2.75, 3.05) is 13.1 Å². The maximum Gasteiger partial charge on any atom is 0.310 e. The Balaban J connectivity index is 2.17. The molecule has 1 atom stereocenters. The van der Waals surface area contributed by atoms with Gasteiger partial charge in [0.1, 0.15) is 5.82 Å². The van der Waals surface area contributed by atoms with Crippen molar-refractivity contribution in [3.8, 4) is 6.07 Å². The van der Waals surface area contributed by atoms with Crippen LogP contribution in [0.4, 0.5) is 4.39 Å². The van der Waals surface area contributed by atoms with Gasteiger partial charge in [0, 0.05) is 13.1 Å². The maximum absolute atomic E-state index is 13.2. The lowest BCUT2D eigenvalue weighted by atomic mass is 9.77. The maximum atomic E-state index is 13.2. The number of likely N-dealkylation sites (tertiary alicyclic amines) is 1. The number of carboxylic acids is 1. The van der Waals surface area contributed by atoms with E-state index in [1.54, 1.807) is 6.07 Å². The van der Waals surface area contributed by atoms with E-state index in [1.807, 2.05) is 13.0 Å². The number of carbonyl (C=O) groups is 1. The molecule has 0 spiro atoms. The van der Waals surface area contributed by atoms with Crippen LogP contribution in [0.1, 0.15) is 37.3 Å². The predicted molar refractivity (Wildman–Crippen MR) is 76.0 cm³/mol. The molecule has 1 aliphatic heterocycles. The van der Waals surface area contributed by atoms with Gasteiger partial charge in [-0.05, 0) is 43.5 Å². The van der Waals surface area contributed by atoms with Crippen LogP contribution in [0.5, 0.6) is 0 Å². The molecule has 1 fully saturated rings. The number of nitriles is 1. The van der Waals surface area contributed by atoms with Gasteiger partial charge in [-0.3, -0.25) is 9.69 Å². The van der Waals surface area contributed by atoms with Crippen LogP contribution >= 0.6 is 0 Å². The zero-order valence-electron chi connectivity index (χ0n) is 12.1. The van der Waals surface area contributed by atoms with Crippen molar-refractivity contribution >= 4 is 5.97 Å². The Morgan fingerprint density at radius 1 is 1.57 bits per heavy atom. The van der Waals surface area contributed by atoms with E-state index in [4.69, 9.17) is 5.26 Å². The molecule has 5 heteroatoms. The first-order valence-electron chi connectivity index (χ1n) is 7.15. The van der Waals surface area contributed by atoms with Gasteiger partial charge in [-0.2, -0.15) is 5.26 Å². The largest absolute Gasteiger partial charge is 0.481 e. The number of hydrogen-bond acceptors (Lipinski definition) is 3. The molecule has 1 N–H and O–H groups in total. The summed E-state index contributed by atoms with van der Waals surface area (Å²) in [6.45, 7) is 3.66. The highest BCUT2D eigenvalue weighted by atomic mass is 19.1. The van der Waals surface area contributed by atoms with Gasteiger partial charge < -0.3 is 5.11 Å². The molecule has 0 saturated carbocycles. The molecule has 1 aromatic rings. The van der Waals surface area contributed by atoms with Gasteiger partial charge in [0.25, 0.3) is 0 Å². The Morgan fingerprint density at radius 3 is 2.95 bits per heavy atom. The summed E-state index contributed by atoms with van der Waals surface area (Å²) in [5, 5.41) is 18.6. The number of aliphatic carboxylic acids is 1. The van der Waals surface area contributed by atoms with Crippen molar-refractivity contribution in [1.82, 2.24) is 4.90 Å². The van der Waals surface area contributed by atoms with E-state index in [-0.39, 0.29) is 0 Å². The van der Waals surface area contributed by atoms with E-state index in [1.165, 1.54) is 12.1 Å². The van der Waals surface area contributed by atoms with Crippen molar-refractivity contribution < 1.29 is 14.3 Å². The Morgan fingerprint density at radius 2 is 2.33 bits per heavy atom. The SMILES string of the molecule is CCC1(C(=O)O)CCCN(Cc2ccc(F)cc2C#N)C1. The fourth-order valence-electron chi connectivity index (χ4n) is 3.01. The summed E-state index contributed by atoms with van der Waals surface area (Å²) in [6, 6.07) is 6.17. The lowest BCUT2D eigenvalue weighted by Crippen LogP contribution is -2.47. The molecule has 0 aliphatic carbocycles. The summed E-state index contributed by atoms with van der Waals surface area (Å²) in [7, 11) is 0. The zero-order chi connectivity index (χ0) is 15.5. The number of nitrogens with zero attached hydrogens (tertiary/aromatic N) is 2. The smallest absolute Gasteiger partial charge is 0.310 e. The Kier molecular flexibility index (Phi) is 4.59. The van der Waals surface area contributed by atoms with Gasteiger partial charge in [-0.15, -0.1) is 0 Å². The van der Waals surface area contributed by atoms with Gasteiger partial charge >= 0.3 is 5.97 Å². The summed E-state index contributed by atoms with van der Waals surface area (Å²) in [4.78, 5) is 13.6. The molecular weight excluding hydrogens is 271 g/mol. The van der Waals surface area contributed by atoms with E-state index >= 15 is 0 Å². The van der Waals surface area contributed by atoms with Gasteiger partial charge in [0.15, 0.2) is 0 Å². The van der Waals surface area contributed by atoms with Crippen molar-refractivity contribution in [2.45, 2.75) is 32.7 Å². The molecule has 0 amide bonds. The van der Waals surface area contributed by atoms with Gasteiger partial charge in [0.2, 0.25) is 0 Å². The molecule has 0 aromatic heterocycles. The first-order valence-corrected chi connectivity index (χ1v) is 7.15. The van der Waals surface area contributed by atoms with Crippen LogP contribution in [-0.2, 0) is 11.3 Å². The number of rotatable bonds is 4. The van der Waals surface area contributed by atoms with Gasteiger partial charge in [-0.1, -0.05) is 13.0 Å². The Labute approximate surface area is 123 Å². The second-order valence-corrected chi connectivity index (χ2v) is 5.67. The van der Waals surface area contributed by atoms with Crippen LogP contribution in [0.25, 0.3) is 0 Å². The van der Waals surface area contributed by atoms with E-state index < -0.39 is 17.2 Å². The standard InChI is InChI=1S/C16H19FN2O2/c1-2-16(15(20)21)6-3-7-19(11-16)10-12-4-5-14(17)8-13(12)9-18/h4-5,8H,2-3,6-7,10-11H2,1H3,(H,20,21). The Bertz CT molecular complexity index is 582. The van der Waals surface area contributed by atoms with Gasteiger partial charge in [-0.25, -0.2) is 4.39 Å². The highest BCUT2D eigenvalue weighted by molar-refractivity contribution is 5.75. The van der Waals surface area contributed by atoms with Crippen LogP contribution in [0.2, 0.25) is 0 Å². The summed E-state index contributed by atoms with van der Waals surface area (Å²) in [5.74, 6) is -1.18. The summed E-state index contributed by atoms with van der Waals surface area (Å²) in [5.41, 5.74) is 0.361. The molecule has 112 valence electrons. The summed E-state index contributed by atoms with van der Waals surface area (Å²) < 4.78 is 13.2. The van der Waals surface area contributed by atoms with Gasteiger partial charge in [0.05, 0.1) is 17.0 Å². The van der Waals surface area contributed by atoms with Crippen molar-refractivity contribution in [3.63, 3.8) is 0 Å². The molecule has 1 saturated heterocycles. The van der Waals surface area contributed by atoms with E-state index in [0.29, 0.717) is 31.5 Å². The monoisotopic (exact) mass is 290 g/mol. The number of benzene rings is 1. The first kappa shape index (κ1) is 15.5. The molecule has 1 aromatic carbocycles. The van der Waals surface area contributed by atoms with Crippen molar-refractivity contribution in [2.24, 2.45) is 5.41 Å². The quantitative estimate of drug-likeness (QED) is 0.926. The lowest BCUT2D eigenvalue weighted by molar-refractivity contribution is -0.153. The van der Waals surface area contributed by atoms with Crippen molar-refractivity contribution in [1.29, 1.82) is 5.26 Å². The van der Waals surface area contributed by atoms with Crippen LogP contribution in [0.15, 0.2) is 18.2 Å². The zero-order valence-corrected chi connectivity index (χ0v) is 12.1. The molecule has 1 aliphatic rings. The summed E-state index contributed by atoms with van der Waals surface area (Å²) >= 11 is 0. The highest BCUT2D eigenvalue weighted by Gasteiger charge is 2.40. The molecule has 2 rings (SSSR count). The lowest BCUT2D eigenvalue weighted by Gasteiger charge is -2.39. The van der Waals surface area contributed by atoms with Crippen LogP contribution < -0.4 is 0 Å². The number of piperidine rings is 1. The summed E-state index contributed by atoms with van der Waals surface area (Å²) in [6.07, 6.45) is 2.10. The average molecular weight is 290 g/mol. The minimum absolute atomic E-state index is 0.318. The number of hydrogen-bond donors (Lipinski definition) is 1. The third kappa shape index (κ3) is 3.22. The highest BCUT2D eigenvalue weighted by Crippen LogP contribution is 2.34. The third-order valence-electron chi connectivity index (χ3n) is 4.37. The molecule has 0 radical (unpaired) electrons. The van der Waals surface area contributed by atoms with E-state index in [9.17, 15) is 14.3 Å². The Hall–Kier alpha value is -1.93. The van der Waals surface area contributed by atoms with Crippen LogP contribution in [-0.4, -0.2) is 29.1 Å². The molecule has 21 heavy (non-hydrogen) atoms. The van der Waals surface area contributed by atoms with E-state index in [0.717, 1.165) is 18.5 Å². The van der Waals surface area contributed by atoms with Crippen molar-refractivity contribution in [3.05, 3.63) is 35.1 Å². The van der Waals surface area contributed by atoms with Crippen LogP contribution in [0.3, 0.4) is 0 Å². The fraction of sp³-hybridized carbons (Fsp3) is 0.500. The fourth-order valence-corrected chi connectivity index (χ4v) is 3.01. The van der Waals surface area contributed by atoms with Crippen LogP contribution in [0, 0.1) is 22.6 Å². The number of halogens is 1. The minimum atomic E-state index is -0.755.